The smallest absolute Gasteiger partial charge is 0.159 e. The van der Waals surface area contributed by atoms with Gasteiger partial charge in [-0.1, -0.05) is 44.0 Å². The third kappa shape index (κ3) is 3.63. The maximum Gasteiger partial charge on any atom is 0.159 e. The van der Waals surface area contributed by atoms with Gasteiger partial charge >= 0.3 is 0 Å². The van der Waals surface area contributed by atoms with Crippen LogP contribution < -0.4 is 0 Å². The minimum atomic E-state index is 0.822. The zero-order chi connectivity index (χ0) is 13.7. The molecular formula is C17H22N2. The lowest BCUT2D eigenvalue weighted by Gasteiger charge is -2.05. The van der Waals surface area contributed by atoms with E-state index in [4.69, 9.17) is 0 Å². The summed E-state index contributed by atoms with van der Waals surface area (Å²) in [6.45, 7) is 6.30. The summed E-state index contributed by atoms with van der Waals surface area (Å²) < 4.78 is 0. The minimum absolute atomic E-state index is 0.822. The highest BCUT2D eigenvalue weighted by atomic mass is 14.9. The van der Waals surface area contributed by atoms with Gasteiger partial charge in [0.25, 0.3) is 0 Å². The summed E-state index contributed by atoms with van der Waals surface area (Å²) in [4.78, 5) is 8.94. The number of aromatic nitrogens is 2. The second-order valence-electron chi connectivity index (χ2n) is 5.12. The maximum atomic E-state index is 4.54. The van der Waals surface area contributed by atoms with Crippen LogP contribution in [-0.2, 0) is 6.42 Å². The molecule has 2 aromatic rings. The van der Waals surface area contributed by atoms with Crippen LogP contribution in [0.4, 0.5) is 0 Å². The van der Waals surface area contributed by atoms with Crippen LogP contribution in [0.2, 0.25) is 0 Å². The molecule has 1 aromatic heterocycles. The number of hydrogen-bond acceptors (Lipinski definition) is 2. The van der Waals surface area contributed by atoms with Crippen molar-refractivity contribution in [2.45, 2.75) is 46.5 Å². The lowest BCUT2D eigenvalue weighted by atomic mass is 10.1. The van der Waals surface area contributed by atoms with Gasteiger partial charge in [0.15, 0.2) is 5.82 Å². The second-order valence-corrected chi connectivity index (χ2v) is 5.12. The average molecular weight is 254 g/mol. The van der Waals surface area contributed by atoms with Crippen molar-refractivity contribution < 1.29 is 0 Å². The Bertz CT molecular complexity index is 529. The molecule has 0 bridgehead atoms. The van der Waals surface area contributed by atoms with Crippen LogP contribution in [-0.4, -0.2) is 9.97 Å². The van der Waals surface area contributed by atoms with E-state index in [0.717, 1.165) is 22.6 Å². The van der Waals surface area contributed by atoms with Gasteiger partial charge in [0.05, 0.1) is 0 Å². The summed E-state index contributed by atoms with van der Waals surface area (Å²) in [7, 11) is 0. The van der Waals surface area contributed by atoms with E-state index in [1.54, 1.807) is 0 Å². The first kappa shape index (κ1) is 13.7. The lowest BCUT2D eigenvalue weighted by molar-refractivity contribution is 0.717. The van der Waals surface area contributed by atoms with Crippen molar-refractivity contribution in [3.05, 3.63) is 47.3 Å². The molecule has 0 saturated carbocycles. The molecule has 0 spiro atoms. The Labute approximate surface area is 115 Å². The molecule has 0 saturated heterocycles. The van der Waals surface area contributed by atoms with E-state index in [1.165, 1.54) is 31.2 Å². The van der Waals surface area contributed by atoms with Gasteiger partial charge in [-0.2, -0.15) is 0 Å². The molecule has 0 amide bonds. The standard InChI is InChI=1S/C17H22N2/c1-4-5-6-7-15-8-10-16(11-9-15)17-18-12-13(2)14(3)19-17/h8-12H,4-7H2,1-3H3. The van der Waals surface area contributed by atoms with E-state index < -0.39 is 0 Å². The van der Waals surface area contributed by atoms with Crippen LogP contribution in [0.25, 0.3) is 11.4 Å². The Morgan fingerprint density at radius 3 is 2.37 bits per heavy atom. The quantitative estimate of drug-likeness (QED) is 0.734. The van der Waals surface area contributed by atoms with E-state index in [1.807, 2.05) is 20.0 Å². The van der Waals surface area contributed by atoms with Gasteiger partial charge in [-0.05, 0) is 37.8 Å². The number of benzene rings is 1. The van der Waals surface area contributed by atoms with Gasteiger partial charge in [-0.3, -0.25) is 0 Å². The first-order chi connectivity index (χ1) is 9.20. The van der Waals surface area contributed by atoms with Gasteiger partial charge in [-0.15, -0.1) is 0 Å². The highest BCUT2D eigenvalue weighted by Gasteiger charge is 2.03. The van der Waals surface area contributed by atoms with Crippen LogP contribution in [0.3, 0.4) is 0 Å². The monoisotopic (exact) mass is 254 g/mol. The molecule has 0 N–H and O–H groups in total. The number of unbranched alkanes of at least 4 members (excludes halogenated alkanes) is 2. The number of nitrogens with zero attached hydrogens (tertiary/aromatic N) is 2. The molecule has 0 aliphatic heterocycles. The summed E-state index contributed by atoms with van der Waals surface area (Å²) in [5.41, 5.74) is 4.69. The minimum Gasteiger partial charge on any atom is -0.236 e. The Hall–Kier alpha value is -1.70. The van der Waals surface area contributed by atoms with Gasteiger partial charge in [-0.25, -0.2) is 9.97 Å². The van der Waals surface area contributed by atoms with Crippen molar-refractivity contribution in [3.63, 3.8) is 0 Å². The van der Waals surface area contributed by atoms with Crippen LogP contribution in [0.5, 0.6) is 0 Å². The van der Waals surface area contributed by atoms with Gasteiger partial charge in [0.1, 0.15) is 0 Å². The largest absolute Gasteiger partial charge is 0.236 e. The lowest BCUT2D eigenvalue weighted by Crippen LogP contribution is -1.94. The van der Waals surface area contributed by atoms with Gasteiger partial charge < -0.3 is 0 Å². The molecule has 1 heterocycles. The van der Waals surface area contributed by atoms with E-state index in [9.17, 15) is 0 Å². The Kier molecular flexibility index (Phi) is 4.67. The first-order valence-electron chi connectivity index (χ1n) is 7.10. The second kappa shape index (κ2) is 6.46. The normalized spacial score (nSPS) is 10.7. The molecule has 0 aliphatic carbocycles. The van der Waals surface area contributed by atoms with E-state index >= 15 is 0 Å². The van der Waals surface area contributed by atoms with E-state index in [-0.39, 0.29) is 0 Å². The number of rotatable bonds is 5. The molecule has 1 aromatic carbocycles. The summed E-state index contributed by atoms with van der Waals surface area (Å²) in [5, 5.41) is 0. The SMILES string of the molecule is CCCCCc1ccc(-c2ncc(C)c(C)n2)cc1. The van der Waals surface area contributed by atoms with Crippen molar-refractivity contribution in [2.75, 3.05) is 0 Å². The number of aryl methyl sites for hydroxylation is 3. The fourth-order valence-electron chi connectivity index (χ4n) is 2.07. The van der Waals surface area contributed by atoms with Crippen molar-refractivity contribution in [1.29, 1.82) is 0 Å². The van der Waals surface area contributed by atoms with Crippen molar-refractivity contribution in [1.82, 2.24) is 9.97 Å². The summed E-state index contributed by atoms with van der Waals surface area (Å²) in [6, 6.07) is 8.66. The zero-order valence-corrected chi connectivity index (χ0v) is 12.1. The molecule has 19 heavy (non-hydrogen) atoms. The molecule has 100 valence electrons. The zero-order valence-electron chi connectivity index (χ0n) is 12.1. The van der Waals surface area contributed by atoms with E-state index in [2.05, 4.69) is 41.2 Å². The summed E-state index contributed by atoms with van der Waals surface area (Å²) >= 11 is 0. The Balaban J connectivity index is 2.11. The first-order valence-corrected chi connectivity index (χ1v) is 7.10. The molecule has 2 nitrogen and oxygen atoms in total. The van der Waals surface area contributed by atoms with Crippen LogP contribution >= 0.6 is 0 Å². The molecule has 2 heteroatoms. The third-order valence-electron chi connectivity index (χ3n) is 3.51. The predicted molar refractivity (Wildman–Crippen MR) is 80.2 cm³/mol. The van der Waals surface area contributed by atoms with Crippen LogP contribution in [0.1, 0.15) is 43.0 Å². The molecular weight excluding hydrogens is 232 g/mol. The Morgan fingerprint density at radius 2 is 1.74 bits per heavy atom. The average Bonchev–Trinajstić information content (AvgIpc) is 2.43. The van der Waals surface area contributed by atoms with Crippen molar-refractivity contribution >= 4 is 0 Å². The molecule has 0 fully saturated rings. The van der Waals surface area contributed by atoms with Crippen LogP contribution in [0.15, 0.2) is 30.5 Å². The maximum absolute atomic E-state index is 4.54. The predicted octanol–water partition coefficient (Wildman–Crippen LogP) is 4.49. The molecule has 2 rings (SSSR count). The van der Waals surface area contributed by atoms with Gasteiger partial charge in [0, 0.05) is 17.5 Å². The fraction of sp³-hybridized carbons (Fsp3) is 0.412. The topological polar surface area (TPSA) is 25.8 Å². The Morgan fingerprint density at radius 1 is 1.00 bits per heavy atom. The van der Waals surface area contributed by atoms with Crippen molar-refractivity contribution in [2.24, 2.45) is 0 Å². The fourth-order valence-corrected chi connectivity index (χ4v) is 2.07. The molecule has 0 unspecified atom stereocenters. The highest BCUT2D eigenvalue weighted by molar-refractivity contribution is 5.55. The summed E-state index contributed by atoms with van der Waals surface area (Å²) in [5.74, 6) is 0.822. The molecule has 0 aliphatic rings. The molecule has 0 atom stereocenters. The van der Waals surface area contributed by atoms with Crippen molar-refractivity contribution in [3.8, 4) is 11.4 Å². The summed E-state index contributed by atoms with van der Waals surface area (Å²) in [6.07, 6.45) is 6.92. The highest BCUT2D eigenvalue weighted by Crippen LogP contribution is 2.17. The third-order valence-corrected chi connectivity index (χ3v) is 3.51. The van der Waals surface area contributed by atoms with E-state index in [0.29, 0.717) is 0 Å². The van der Waals surface area contributed by atoms with Crippen LogP contribution in [0, 0.1) is 13.8 Å². The number of hydrogen-bond donors (Lipinski definition) is 0. The molecule has 0 radical (unpaired) electrons. The van der Waals surface area contributed by atoms with Gasteiger partial charge in [0.2, 0.25) is 0 Å².